The molecule has 1 heterocycles. The molecule has 0 saturated carbocycles. The Hall–Kier alpha value is -1.30. The Kier molecular flexibility index (Phi) is 5.23. The van der Waals surface area contributed by atoms with Gasteiger partial charge in [0.2, 0.25) is 0 Å². The predicted molar refractivity (Wildman–Crippen MR) is 82.0 cm³/mol. The molecule has 0 unspecified atom stereocenters. The van der Waals surface area contributed by atoms with Crippen molar-refractivity contribution in [3.05, 3.63) is 38.8 Å². The van der Waals surface area contributed by atoms with Crippen LogP contribution in [0.15, 0.2) is 17.5 Å². The number of hydrogen-bond acceptors (Lipinski definition) is 5. The minimum absolute atomic E-state index is 0.416. The number of nitrogens with one attached hydrogen (secondary N) is 1. The number of thiazole rings is 1. The maximum atomic E-state index is 6.08. The fraction of sp³-hybridized carbons (Fsp3) is 0.357. The number of aromatic nitrogens is 1. The van der Waals surface area contributed by atoms with Crippen LogP contribution in [0.3, 0.4) is 0 Å². The summed E-state index contributed by atoms with van der Waals surface area (Å²) in [7, 11) is 3.48. The fourth-order valence-electron chi connectivity index (χ4n) is 1.88. The van der Waals surface area contributed by atoms with E-state index in [2.05, 4.69) is 10.3 Å². The van der Waals surface area contributed by atoms with Crippen molar-refractivity contribution in [1.29, 1.82) is 0 Å². The summed E-state index contributed by atoms with van der Waals surface area (Å²) >= 11 is 7.69. The molecular formula is C14H17ClN2O2S. The molecule has 4 nitrogen and oxygen atoms in total. The monoisotopic (exact) mass is 312 g/mol. The van der Waals surface area contributed by atoms with Gasteiger partial charge in [-0.05, 0) is 20.0 Å². The van der Waals surface area contributed by atoms with Gasteiger partial charge in [-0.3, -0.25) is 0 Å². The molecule has 0 aliphatic carbocycles. The Morgan fingerprint density at radius 3 is 2.80 bits per heavy atom. The lowest BCUT2D eigenvalue weighted by atomic mass is 10.2. The van der Waals surface area contributed by atoms with Gasteiger partial charge in [0.1, 0.15) is 6.61 Å². The Bertz CT molecular complexity index is 587. The lowest BCUT2D eigenvalue weighted by Gasteiger charge is -2.15. The summed E-state index contributed by atoms with van der Waals surface area (Å²) in [5, 5.41) is 6.75. The first-order chi connectivity index (χ1) is 9.63. The van der Waals surface area contributed by atoms with Crippen LogP contribution >= 0.6 is 22.9 Å². The molecule has 0 aliphatic heterocycles. The van der Waals surface area contributed by atoms with Gasteiger partial charge in [-0.15, -0.1) is 11.3 Å². The largest absolute Gasteiger partial charge is 0.493 e. The Labute approximate surface area is 127 Å². The van der Waals surface area contributed by atoms with Gasteiger partial charge in [0.25, 0.3) is 0 Å². The molecule has 108 valence electrons. The molecule has 0 radical (unpaired) electrons. The summed E-state index contributed by atoms with van der Waals surface area (Å²) in [4.78, 5) is 4.39. The predicted octanol–water partition coefficient (Wildman–Crippen LogP) is 3.41. The van der Waals surface area contributed by atoms with Gasteiger partial charge in [0.05, 0.1) is 17.8 Å². The van der Waals surface area contributed by atoms with Crippen LogP contribution in [0.5, 0.6) is 11.5 Å². The quantitative estimate of drug-likeness (QED) is 0.887. The molecule has 0 fully saturated rings. The summed E-state index contributed by atoms with van der Waals surface area (Å²) in [6.07, 6.45) is 0. The molecule has 0 amide bonds. The number of halogens is 1. The summed E-state index contributed by atoms with van der Waals surface area (Å²) in [5.41, 5.74) is 1.88. The smallest absolute Gasteiger partial charge is 0.166 e. The van der Waals surface area contributed by atoms with Gasteiger partial charge in [0, 0.05) is 28.6 Å². The minimum atomic E-state index is 0.416. The van der Waals surface area contributed by atoms with Crippen molar-refractivity contribution in [2.45, 2.75) is 20.1 Å². The highest BCUT2D eigenvalue weighted by molar-refractivity contribution is 7.09. The third-order valence-electron chi connectivity index (χ3n) is 2.71. The molecule has 2 rings (SSSR count). The summed E-state index contributed by atoms with van der Waals surface area (Å²) in [6.45, 7) is 3.05. The van der Waals surface area contributed by atoms with E-state index in [0.717, 1.165) is 16.3 Å². The highest BCUT2D eigenvalue weighted by Gasteiger charge is 2.13. The number of benzene rings is 1. The molecule has 2 aromatic rings. The maximum Gasteiger partial charge on any atom is 0.166 e. The molecule has 0 spiro atoms. The highest BCUT2D eigenvalue weighted by atomic mass is 35.5. The first-order valence-corrected chi connectivity index (χ1v) is 7.44. The maximum absolute atomic E-state index is 6.08. The van der Waals surface area contributed by atoms with E-state index in [1.165, 1.54) is 0 Å². The van der Waals surface area contributed by atoms with Crippen LogP contribution in [0.1, 0.15) is 16.3 Å². The van der Waals surface area contributed by atoms with Crippen molar-refractivity contribution in [2.75, 3.05) is 14.2 Å². The summed E-state index contributed by atoms with van der Waals surface area (Å²) in [5.74, 6) is 1.34. The average Bonchev–Trinajstić information content (AvgIpc) is 2.83. The second-order valence-electron chi connectivity index (χ2n) is 4.27. The Balaban J connectivity index is 2.23. The summed E-state index contributed by atoms with van der Waals surface area (Å²) < 4.78 is 11.2. The number of hydrogen-bond donors (Lipinski definition) is 1. The summed E-state index contributed by atoms with van der Waals surface area (Å²) in [6, 6.07) is 3.63. The molecule has 0 saturated heterocycles. The van der Waals surface area contributed by atoms with Crippen LogP contribution in [0.4, 0.5) is 0 Å². The van der Waals surface area contributed by atoms with Gasteiger partial charge in [0.15, 0.2) is 11.5 Å². The average molecular weight is 313 g/mol. The molecule has 1 N–H and O–H groups in total. The molecule has 20 heavy (non-hydrogen) atoms. The third-order valence-corrected chi connectivity index (χ3v) is 3.76. The zero-order chi connectivity index (χ0) is 14.5. The normalized spacial score (nSPS) is 10.6. The van der Waals surface area contributed by atoms with E-state index in [4.69, 9.17) is 21.1 Å². The van der Waals surface area contributed by atoms with Crippen molar-refractivity contribution in [3.63, 3.8) is 0 Å². The van der Waals surface area contributed by atoms with E-state index in [-0.39, 0.29) is 0 Å². The number of methoxy groups -OCH3 is 1. The molecule has 0 bridgehead atoms. The zero-order valence-electron chi connectivity index (χ0n) is 11.7. The lowest BCUT2D eigenvalue weighted by Crippen LogP contribution is -2.09. The van der Waals surface area contributed by atoms with Gasteiger partial charge >= 0.3 is 0 Å². The van der Waals surface area contributed by atoms with Crippen LogP contribution < -0.4 is 14.8 Å². The molecule has 0 aliphatic rings. The van der Waals surface area contributed by atoms with Gasteiger partial charge in [-0.25, -0.2) is 4.98 Å². The fourth-order valence-corrected chi connectivity index (χ4v) is 2.71. The van der Waals surface area contributed by atoms with Crippen molar-refractivity contribution in [1.82, 2.24) is 10.3 Å². The van der Waals surface area contributed by atoms with E-state index in [1.807, 2.05) is 25.4 Å². The first kappa shape index (κ1) is 15.1. The number of ether oxygens (including phenoxy) is 2. The van der Waals surface area contributed by atoms with Crippen molar-refractivity contribution < 1.29 is 9.47 Å². The van der Waals surface area contributed by atoms with Gasteiger partial charge in [-0.1, -0.05) is 11.6 Å². The number of aryl methyl sites for hydroxylation is 1. The third kappa shape index (κ3) is 3.62. The van der Waals surface area contributed by atoms with Crippen molar-refractivity contribution >= 4 is 22.9 Å². The standard InChI is InChI=1S/C14H17ClN2O2S/c1-9-17-12(8-20-9)7-19-14-10(6-16-2)4-11(15)5-13(14)18-3/h4-5,8,16H,6-7H2,1-3H3. The van der Waals surface area contributed by atoms with Crippen LogP contribution in [-0.2, 0) is 13.2 Å². The number of rotatable bonds is 6. The molecule has 0 atom stereocenters. The highest BCUT2D eigenvalue weighted by Crippen LogP contribution is 2.35. The Morgan fingerprint density at radius 1 is 1.40 bits per heavy atom. The van der Waals surface area contributed by atoms with Crippen LogP contribution in [-0.4, -0.2) is 19.1 Å². The van der Waals surface area contributed by atoms with E-state index >= 15 is 0 Å². The second-order valence-corrected chi connectivity index (χ2v) is 5.77. The molecule has 6 heteroatoms. The second kappa shape index (κ2) is 6.92. The van der Waals surface area contributed by atoms with E-state index in [0.29, 0.717) is 29.7 Å². The molecule has 1 aromatic carbocycles. The molecular weight excluding hydrogens is 296 g/mol. The minimum Gasteiger partial charge on any atom is -0.493 e. The van der Waals surface area contributed by atoms with Gasteiger partial charge in [-0.2, -0.15) is 0 Å². The van der Waals surface area contributed by atoms with Crippen molar-refractivity contribution in [3.8, 4) is 11.5 Å². The number of nitrogens with zero attached hydrogens (tertiary/aromatic N) is 1. The van der Waals surface area contributed by atoms with Gasteiger partial charge < -0.3 is 14.8 Å². The Morgan fingerprint density at radius 2 is 2.20 bits per heavy atom. The van der Waals surface area contributed by atoms with Crippen LogP contribution in [0.2, 0.25) is 5.02 Å². The lowest BCUT2D eigenvalue weighted by molar-refractivity contribution is 0.277. The topological polar surface area (TPSA) is 43.4 Å². The van der Waals surface area contributed by atoms with E-state index in [9.17, 15) is 0 Å². The molecule has 1 aromatic heterocycles. The SMILES string of the molecule is CNCc1cc(Cl)cc(OC)c1OCc1csc(C)n1. The first-order valence-electron chi connectivity index (χ1n) is 6.19. The van der Waals surface area contributed by atoms with E-state index in [1.54, 1.807) is 24.5 Å². The van der Waals surface area contributed by atoms with Crippen LogP contribution in [0.25, 0.3) is 0 Å². The van der Waals surface area contributed by atoms with Crippen molar-refractivity contribution in [2.24, 2.45) is 0 Å². The zero-order valence-corrected chi connectivity index (χ0v) is 13.3. The van der Waals surface area contributed by atoms with E-state index < -0.39 is 0 Å². The van der Waals surface area contributed by atoms with Crippen LogP contribution in [0, 0.1) is 6.92 Å².